The van der Waals surface area contributed by atoms with Crippen molar-refractivity contribution in [2.75, 3.05) is 24.3 Å². The highest BCUT2D eigenvalue weighted by molar-refractivity contribution is 5.95. The molecule has 2 rings (SSSR count). The van der Waals surface area contributed by atoms with Crippen LogP contribution in [0.15, 0.2) is 12.1 Å². The maximum Gasteiger partial charge on any atom is 0.224 e. The topological polar surface area (TPSA) is 50.4 Å². The molecule has 0 spiro atoms. The zero-order chi connectivity index (χ0) is 12.3. The number of fused-ring (bicyclic) bond motifs is 1. The van der Waals surface area contributed by atoms with Crippen LogP contribution in [0.5, 0.6) is 5.75 Å². The highest BCUT2D eigenvalue weighted by Gasteiger charge is 2.17. The van der Waals surface area contributed by atoms with E-state index in [2.05, 4.69) is 10.6 Å². The van der Waals surface area contributed by atoms with Crippen LogP contribution in [0.4, 0.5) is 11.4 Å². The zero-order valence-electron chi connectivity index (χ0n) is 10.3. The summed E-state index contributed by atoms with van der Waals surface area (Å²) < 4.78 is 5.35. The smallest absolute Gasteiger partial charge is 0.224 e. The van der Waals surface area contributed by atoms with E-state index in [0.29, 0.717) is 6.42 Å². The van der Waals surface area contributed by atoms with Crippen molar-refractivity contribution in [1.82, 2.24) is 0 Å². The fourth-order valence-corrected chi connectivity index (χ4v) is 2.09. The molecule has 1 heterocycles. The van der Waals surface area contributed by atoms with E-state index in [-0.39, 0.29) is 5.91 Å². The average molecular weight is 234 g/mol. The molecule has 4 heteroatoms. The highest BCUT2D eigenvalue weighted by Crippen LogP contribution is 2.36. The van der Waals surface area contributed by atoms with E-state index in [1.54, 1.807) is 7.11 Å². The van der Waals surface area contributed by atoms with Gasteiger partial charge in [-0.25, -0.2) is 0 Å². The Labute approximate surface area is 101 Å². The van der Waals surface area contributed by atoms with Crippen molar-refractivity contribution in [2.45, 2.75) is 26.2 Å². The maximum absolute atomic E-state index is 11.5. The van der Waals surface area contributed by atoms with Crippen molar-refractivity contribution in [3.63, 3.8) is 0 Å². The van der Waals surface area contributed by atoms with Gasteiger partial charge in [-0.3, -0.25) is 4.79 Å². The molecule has 92 valence electrons. The third-order valence-corrected chi connectivity index (χ3v) is 2.99. The monoisotopic (exact) mass is 234 g/mol. The van der Waals surface area contributed by atoms with Gasteiger partial charge in [0.25, 0.3) is 0 Å². The molecule has 1 aromatic carbocycles. The summed E-state index contributed by atoms with van der Waals surface area (Å²) in [5.41, 5.74) is 3.03. The summed E-state index contributed by atoms with van der Waals surface area (Å²) >= 11 is 0. The van der Waals surface area contributed by atoms with E-state index < -0.39 is 0 Å². The number of hydrogen-bond donors (Lipinski definition) is 2. The molecule has 0 aromatic heterocycles. The lowest BCUT2D eigenvalue weighted by molar-refractivity contribution is -0.115. The van der Waals surface area contributed by atoms with Crippen LogP contribution in [-0.2, 0) is 11.2 Å². The Morgan fingerprint density at radius 3 is 3.06 bits per heavy atom. The normalized spacial score (nSPS) is 13.5. The minimum atomic E-state index is 0.0322. The molecule has 4 nitrogen and oxygen atoms in total. The number of rotatable bonds is 3. The number of hydrogen-bond acceptors (Lipinski definition) is 3. The van der Waals surface area contributed by atoms with Gasteiger partial charge in [-0.2, -0.15) is 0 Å². The Morgan fingerprint density at radius 2 is 2.35 bits per heavy atom. The molecule has 0 fully saturated rings. The number of methoxy groups -OCH3 is 1. The minimum Gasteiger partial charge on any atom is -0.496 e. The number of amides is 1. The predicted molar refractivity (Wildman–Crippen MR) is 68.7 cm³/mol. The fraction of sp³-hybridized carbons (Fsp3) is 0.462. The molecule has 1 aromatic rings. The van der Waals surface area contributed by atoms with Gasteiger partial charge in [0.15, 0.2) is 0 Å². The summed E-state index contributed by atoms with van der Waals surface area (Å²) in [7, 11) is 1.68. The molecular weight excluding hydrogens is 216 g/mol. The Bertz CT molecular complexity index is 430. The van der Waals surface area contributed by atoms with Gasteiger partial charge in [-0.05, 0) is 25.0 Å². The third kappa shape index (κ3) is 2.35. The predicted octanol–water partition coefficient (Wildman–Crippen LogP) is 2.40. The summed E-state index contributed by atoms with van der Waals surface area (Å²) in [6.45, 7) is 2.79. The van der Waals surface area contributed by atoms with Crippen molar-refractivity contribution >= 4 is 17.3 Å². The van der Waals surface area contributed by atoms with Gasteiger partial charge in [-0.15, -0.1) is 0 Å². The second-order valence-electron chi connectivity index (χ2n) is 4.10. The van der Waals surface area contributed by atoms with E-state index >= 15 is 0 Å². The van der Waals surface area contributed by atoms with Crippen molar-refractivity contribution in [1.29, 1.82) is 0 Å². The van der Waals surface area contributed by atoms with Gasteiger partial charge in [-0.1, -0.05) is 6.92 Å². The van der Waals surface area contributed by atoms with Gasteiger partial charge in [0, 0.05) is 18.5 Å². The maximum atomic E-state index is 11.5. The number of anilines is 2. The first-order valence-electron chi connectivity index (χ1n) is 5.99. The van der Waals surface area contributed by atoms with E-state index in [1.807, 2.05) is 19.1 Å². The van der Waals surface area contributed by atoms with Crippen LogP contribution in [-0.4, -0.2) is 19.6 Å². The number of ether oxygens (including phenoxy) is 1. The first-order valence-corrected chi connectivity index (χ1v) is 5.99. The molecule has 1 amide bonds. The molecular formula is C13H18N2O2. The summed E-state index contributed by atoms with van der Waals surface area (Å²) in [6.07, 6.45) is 2.57. The summed E-state index contributed by atoms with van der Waals surface area (Å²) in [5.74, 6) is 0.923. The molecule has 2 N–H and O–H groups in total. The quantitative estimate of drug-likeness (QED) is 0.844. The van der Waals surface area contributed by atoms with E-state index in [0.717, 1.165) is 42.1 Å². The van der Waals surface area contributed by atoms with Crippen LogP contribution >= 0.6 is 0 Å². The molecule has 0 radical (unpaired) electrons. The van der Waals surface area contributed by atoms with Gasteiger partial charge >= 0.3 is 0 Å². The number of carbonyl (C=O) groups is 1. The van der Waals surface area contributed by atoms with Gasteiger partial charge < -0.3 is 15.4 Å². The Hall–Kier alpha value is -1.71. The van der Waals surface area contributed by atoms with Gasteiger partial charge in [0.1, 0.15) is 5.75 Å². The Kier molecular flexibility index (Phi) is 3.52. The second-order valence-corrected chi connectivity index (χ2v) is 4.10. The molecule has 0 saturated heterocycles. The SMILES string of the molecule is CCC(=O)Nc1ccc(OC)c2c1NCCC2. The molecule has 17 heavy (non-hydrogen) atoms. The second kappa shape index (κ2) is 5.08. The van der Waals surface area contributed by atoms with Crippen LogP contribution in [0.25, 0.3) is 0 Å². The van der Waals surface area contributed by atoms with Crippen molar-refractivity contribution in [3.8, 4) is 5.75 Å². The van der Waals surface area contributed by atoms with Crippen LogP contribution in [0.1, 0.15) is 25.3 Å². The first-order chi connectivity index (χ1) is 8.26. The van der Waals surface area contributed by atoms with Gasteiger partial charge in [0.05, 0.1) is 18.5 Å². The lowest BCUT2D eigenvalue weighted by Crippen LogP contribution is -2.17. The van der Waals surface area contributed by atoms with Crippen LogP contribution in [0.3, 0.4) is 0 Å². The van der Waals surface area contributed by atoms with Gasteiger partial charge in [0.2, 0.25) is 5.91 Å². The van der Waals surface area contributed by atoms with E-state index in [4.69, 9.17) is 4.74 Å². The molecule has 1 aliphatic heterocycles. The minimum absolute atomic E-state index is 0.0322. The molecule has 0 saturated carbocycles. The van der Waals surface area contributed by atoms with Crippen LogP contribution < -0.4 is 15.4 Å². The fourth-order valence-electron chi connectivity index (χ4n) is 2.09. The summed E-state index contributed by atoms with van der Waals surface area (Å²) in [5, 5.41) is 6.25. The van der Waals surface area contributed by atoms with Crippen LogP contribution in [0, 0.1) is 0 Å². The lowest BCUT2D eigenvalue weighted by Gasteiger charge is -2.23. The average Bonchev–Trinajstić information content (AvgIpc) is 2.39. The lowest BCUT2D eigenvalue weighted by atomic mass is 10.0. The Balaban J connectivity index is 2.37. The first kappa shape index (κ1) is 11.8. The molecule has 1 aliphatic rings. The van der Waals surface area contributed by atoms with E-state index in [1.165, 1.54) is 0 Å². The summed E-state index contributed by atoms with van der Waals surface area (Å²) in [4.78, 5) is 11.5. The number of carbonyl (C=O) groups excluding carboxylic acids is 1. The Morgan fingerprint density at radius 1 is 1.53 bits per heavy atom. The zero-order valence-corrected chi connectivity index (χ0v) is 10.3. The van der Waals surface area contributed by atoms with E-state index in [9.17, 15) is 4.79 Å². The molecule has 0 atom stereocenters. The summed E-state index contributed by atoms with van der Waals surface area (Å²) in [6, 6.07) is 3.81. The standard InChI is InChI=1S/C13H18N2O2/c1-3-12(16)15-10-6-7-11(17-2)9-5-4-8-14-13(9)10/h6-7,14H,3-5,8H2,1-2H3,(H,15,16). The highest BCUT2D eigenvalue weighted by atomic mass is 16.5. The number of nitrogens with one attached hydrogen (secondary N) is 2. The third-order valence-electron chi connectivity index (χ3n) is 2.99. The molecule has 0 aliphatic carbocycles. The largest absolute Gasteiger partial charge is 0.496 e. The molecule has 0 bridgehead atoms. The van der Waals surface area contributed by atoms with Crippen molar-refractivity contribution < 1.29 is 9.53 Å². The van der Waals surface area contributed by atoms with Crippen molar-refractivity contribution in [2.24, 2.45) is 0 Å². The van der Waals surface area contributed by atoms with Crippen molar-refractivity contribution in [3.05, 3.63) is 17.7 Å². The molecule has 0 unspecified atom stereocenters. The number of benzene rings is 1. The van der Waals surface area contributed by atoms with Crippen LogP contribution in [0.2, 0.25) is 0 Å².